The Morgan fingerprint density at radius 3 is 3.00 bits per heavy atom. The fraction of sp³-hybridized carbons (Fsp3) is 0.727. The molecule has 4 heteroatoms. The minimum absolute atomic E-state index is 0.694. The van der Waals surface area contributed by atoms with Gasteiger partial charge in [0.15, 0.2) is 0 Å². The van der Waals surface area contributed by atoms with Gasteiger partial charge in [-0.05, 0) is 18.7 Å². The molecular weight excluding hydrogens is 206 g/mol. The van der Waals surface area contributed by atoms with Crippen molar-refractivity contribution in [3.05, 3.63) is 18.2 Å². The Bertz CT molecular complexity index is 271. The van der Waals surface area contributed by atoms with Gasteiger partial charge in [-0.1, -0.05) is 13.8 Å². The average Bonchev–Trinajstić information content (AvgIpc) is 2.62. The van der Waals surface area contributed by atoms with Gasteiger partial charge in [0.2, 0.25) is 0 Å². The third-order valence-corrected chi connectivity index (χ3v) is 2.76. The van der Waals surface area contributed by atoms with Gasteiger partial charge in [-0.15, -0.1) is 0 Å². The first kappa shape index (κ1) is 12.6. The van der Waals surface area contributed by atoms with E-state index in [1.807, 2.05) is 18.0 Å². The normalized spacial score (nSPS) is 11.2. The van der Waals surface area contributed by atoms with Gasteiger partial charge in [0.25, 0.3) is 0 Å². The second-order valence-electron chi connectivity index (χ2n) is 4.05. The Kier molecular flexibility index (Phi) is 5.79. The van der Waals surface area contributed by atoms with Crippen molar-refractivity contribution in [3.63, 3.8) is 0 Å². The van der Waals surface area contributed by atoms with Crippen LogP contribution in [0.4, 0.5) is 0 Å². The van der Waals surface area contributed by atoms with E-state index in [0.29, 0.717) is 5.92 Å². The number of nitrogens with zero attached hydrogens (tertiary/aromatic N) is 2. The van der Waals surface area contributed by atoms with Gasteiger partial charge < -0.3 is 9.88 Å². The molecule has 0 saturated carbocycles. The summed E-state index contributed by atoms with van der Waals surface area (Å²) in [5, 5.41) is 3.41. The highest BCUT2D eigenvalue weighted by atomic mass is 32.2. The minimum Gasteiger partial charge on any atom is -0.333 e. The first-order valence-corrected chi connectivity index (χ1v) is 6.83. The molecule has 3 nitrogen and oxygen atoms in total. The molecule has 0 atom stereocenters. The maximum Gasteiger partial charge on any atom is 0.122 e. The van der Waals surface area contributed by atoms with Crippen LogP contribution < -0.4 is 5.32 Å². The first-order valence-electron chi connectivity index (χ1n) is 5.43. The third-order valence-electron chi connectivity index (χ3n) is 2.17. The van der Waals surface area contributed by atoms with Gasteiger partial charge in [-0.3, -0.25) is 0 Å². The summed E-state index contributed by atoms with van der Waals surface area (Å²) in [6.45, 7) is 7.41. The van der Waals surface area contributed by atoms with Crippen LogP contribution >= 0.6 is 11.8 Å². The van der Waals surface area contributed by atoms with E-state index in [1.165, 1.54) is 0 Å². The van der Waals surface area contributed by atoms with Gasteiger partial charge in [0, 0.05) is 24.7 Å². The van der Waals surface area contributed by atoms with Crippen molar-refractivity contribution in [2.24, 2.45) is 5.92 Å². The molecule has 0 radical (unpaired) electrons. The van der Waals surface area contributed by atoms with Crippen LogP contribution in [0.5, 0.6) is 0 Å². The predicted molar refractivity (Wildman–Crippen MR) is 67.2 cm³/mol. The number of hydrogen-bond acceptors (Lipinski definition) is 3. The highest BCUT2D eigenvalue weighted by Crippen LogP contribution is 2.01. The molecule has 1 aromatic rings. The van der Waals surface area contributed by atoms with E-state index in [4.69, 9.17) is 0 Å². The molecular formula is C11H21N3S. The summed E-state index contributed by atoms with van der Waals surface area (Å²) < 4.78 is 2.23. The Balaban J connectivity index is 2.35. The van der Waals surface area contributed by atoms with Gasteiger partial charge in [0.1, 0.15) is 5.82 Å². The Hall–Kier alpha value is -0.480. The van der Waals surface area contributed by atoms with Gasteiger partial charge in [0.05, 0.1) is 6.54 Å². The monoisotopic (exact) mass is 227 g/mol. The Morgan fingerprint density at radius 1 is 1.53 bits per heavy atom. The molecule has 0 aromatic carbocycles. The SMILES string of the molecule is CSCCn1ccnc1CNCC(C)C. The molecule has 0 saturated heterocycles. The second-order valence-corrected chi connectivity index (χ2v) is 5.04. The molecule has 1 rings (SSSR count). The highest BCUT2D eigenvalue weighted by Gasteiger charge is 2.02. The van der Waals surface area contributed by atoms with Crippen LogP contribution in [0.15, 0.2) is 12.4 Å². The molecule has 0 unspecified atom stereocenters. The summed E-state index contributed by atoms with van der Waals surface area (Å²) in [4.78, 5) is 4.36. The fourth-order valence-electron chi connectivity index (χ4n) is 1.37. The van der Waals surface area contributed by atoms with Crippen LogP contribution in [0, 0.1) is 5.92 Å². The lowest BCUT2D eigenvalue weighted by molar-refractivity contribution is 0.531. The lowest BCUT2D eigenvalue weighted by Crippen LogP contribution is -2.21. The van der Waals surface area contributed by atoms with E-state index in [2.05, 4.69) is 41.2 Å². The first-order chi connectivity index (χ1) is 7.24. The zero-order valence-corrected chi connectivity index (χ0v) is 10.7. The number of thioether (sulfide) groups is 1. The lowest BCUT2D eigenvalue weighted by Gasteiger charge is -2.09. The van der Waals surface area contributed by atoms with Crippen LogP contribution in [0.3, 0.4) is 0 Å². The zero-order valence-electron chi connectivity index (χ0n) is 9.86. The van der Waals surface area contributed by atoms with Gasteiger partial charge in [-0.2, -0.15) is 11.8 Å². The number of hydrogen-bond donors (Lipinski definition) is 1. The highest BCUT2D eigenvalue weighted by molar-refractivity contribution is 7.98. The van der Waals surface area contributed by atoms with Crippen molar-refractivity contribution in [2.75, 3.05) is 18.6 Å². The molecule has 15 heavy (non-hydrogen) atoms. The van der Waals surface area contributed by atoms with Crippen LogP contribution in [0.25, 0.3) is 0 Å². The van der Waals surface area contributed by atoms with Gasteiger partial charge in [-0.25, -0.2) is 4.98 Å². The zero-order chi connectivity index (χ0) is 11.1. The van der Waals surface area contributed by atoms with E-state index in [1.54, 1.807) is 0 Å². The average molecular weight is 227 g/mol. The van der Waals surface area contributed by atoms with Crippen molar-refractivity contribution in [3.8, 4) is 0 Å². The maximum atomic E-state index is 4.36. The topological polar surface area (TPSA) is 29.9 Å². The molecule has 1 heterocycles. The lowest BCUT2D eigenvalue weighted by atomic mass is 10.2. The van der Waals surface area contributed by atoms with E-state index < -0.39 is 0 Å². The standard InChI is InChI=1S/C11H21N3S/c1-10(2)8-12-9-11-13-4-5-14(11)6-7-15-3/h4-5,10,12H,6-9H2,1-3H3. The fourth-order valence-corrected chi connectivity index (χ4v) is 1.75. The third kappa shape index (κ3) is 4.71. The number of aryl methyl sites for hydroxylation is 1. The van der Waals surface area contributed by atoms with E-state index in [0.717, 1.165) is 31.2 Å². The molecule has 0 aliphatic heterocycles. The summed E-state index contributed by atoms with van der Waals surface area (Å²) in [6.07, 6.45) is 6.07. The largest absolute Gasteiger partial charge is 0.333 e. The van der Waals surface area contributed by atoms with Crippen LogP contribution in [-0.2, 0) is 13.1 Å². The van der Waals surface area contributed by atoms with Crippen molar-refractivity contribution in [1.29, 1.82) is 0 Å². The molecule has 0 fully saturated rings. The second kappa shape index (κ2) is 6.90. The molecule has 0 amide bonds. The Labute approximate surface area is 96.7 Å². The molecule has 86 valence electrons. The summed E-state index contributed by atoms with van der Waals surface area (Å²) >= 11 is 1.87. The van der Waals surface area contributed by atoms with Crippen molar-refractivity contribution in [1.82, 2.24) is 14.9 Å². The van der Waals surface area contributed by atoms with E-state index >= 15 is 0 Å². The van der Waals surface area contributed by atoms with E-state index in [-0.39, 0.29) is 0 Å². The number of rotatable bonds is 7. The van der Waals surface area contributed by atoms with Crippen LogP contribution in [0.2, 0.25) is 0 Å². The van der Waals surface area contributed by atoms with Crippen molar-refractivity contribution in [2.45, 2.75) is 26.9 Å². The number of imidazole rings is 1. The van der Waals surface area contributed by atoms with Gasteiger partial charge >= 0.3 is 0 Å². The minimum atomic E-state index is 0.694. The number of nitrogens with one attached hydrogen (secondary N) is 1. The van der Waals surface area contributed by atoms with Crippen molar-refractivity contribution >= 4 is 11.8 Å². The maximum absolute atomic E-state index is 4.36. The van der Waals surface area contributed by atoms with E-state index in [9.17, 15) is 0 Å². The number of aromatic nitrogens is 2. The predicted octanol–water partition coefficient (Wildman–Crippen LogP) is 1.99. The summed E-state index contributed by atoms with van der Waals surface area (Å²) in [6, 6.07) is 0. The summed E-state index contributed by atoms with van der Waals surface area (Å²) in [7, 11) is 0. The molecule has 1 aromatic heterocycles. The van der Waals surface area contributed by atoms with Crippen LogP contribution in [0.1, 0.15) is 19.7 Å². The van der Waals surface area contributed by atoms with Crippen molar-refractivity contribution < 1.29 is 0 Å². The molecule has 1 N–H and O–H groups in total. The summed E-state index contributed by atoms with van der Waals surface area (Å²) in [5.74, 6) is 2.98. The molecule has 0 bridgehead atoms. The molecule has 0 aliphatic carbocycles. The quantitative estimate of drug-likeness (QED) is 0.772. The van der Waals surface area contributed by atoms with Crippen LogP contribution in [-0.4, -0.2) is 28.1 Å². The smallest absolute Gasteiger partial charge is 0.122 e. The molecule has 0 aliphatic rings. The summed E-state index contributed by atoms with van der Waals surface area (Å²) in [5.41, 5.74) is 0. The Morgan fingerprint density at radius 2 is 2.33 bits per heavy atom. The molecule has 0 spiro atoms.